The first-order valence-corrected chi connectivity index (χ1v) is 9.12. The Hall–Kier alpha value is -2.42. The van der Waals surface area contributed by atoms with Crippen LogP contribution in [0.4, 0.5) is 11.6 Å². The van der Waals surface area contributed by atoms with Crippen molar-refractivity contribution in [3.05, 3.63) is 40.4 Å². The molecular formula is C17H17ClN4O3S. The van der Waals surface area contributed by atoms with Gasteiger partial charge >= 0.3 is 0 Å². The Kier molecular flexibility index (Phi) is 5.87. The molecule has 0 aliphatic heterocycles. The number of hydrogen-bond donors (Lipinski definition) is 3. The third-order valence-corrected chi connectivity index (χ3v) is 4.73. The Balaban J connectivity index is 1.86. The number of thiophene rings is 1. The third-order valence-electron chi connectivity index (χ3n) is 3.59. The van der Waals surface area contributed by atoms with Crippen LogP contribution in [-0.4, -0.2) is 41.2 Å². The number of fused-ring (bicyclic) bond motifs is 1. The number of rotatable bonds is 7. The van der Waals surface area contributed by atoms with Crippen LogP contribution in [0.25, 0.3) is 10.2 Å². The highest BCUT2D eigenvalue weighted by Crippen LogP contribution is 2.30. The summed E-state index contributed by atoms with van der Waals surface area (Å²) in [5.74, 6) is 0.624. The van der Waals surface area contributed by atoms with Gasteiger partial charge in [-0.05, 0) is 24.6 Å². The molecule has 1 amide bonds. The van der Waals surface area contributed by atoms with Gasteiger partial charge in [0.2, 0.25) is 5.95 Å². The van der Waals surface area contributed by atoms with Crippen molar-refractivity contribution in [3.63, 3.8) is 0 Å². The Morgan fingerprint density at radius 1 is 1.42 bits per heavy atom. The first-order valence-electron chi connectivity index (χ1n) is 7.86. The summed E-state index contributed by atoms with van der Waals surface area (Å²) >= 11 is 7.40. The minimum atomic E-state index is -0.308. The van der Waals surface area contributed by atoms with Crippen molar-refractivity contribution >= 4 is 50.7 Å². The number of carbonyl (C=O) groups is 1. The van der Waals surface area contributed by atoms with E-state index in [1.54, 1.807) is 29.8 Å². The van der Waals surface area contributed by atoms with E-state index in [0.29, 0.717) is 46.5 Å². The molecule has 1 aromatic carbocycles. The molecule has 3 aromatic rings. The number of amides is 1. The average Bonchev–Trinajstić information content (AvgIpc) is 3.05. The highest BCUT2D eigenvalue weighted by Gasteiger charge is 2.16. The fourth-order valence-corrected chi connectivity index (χ4v) is 3.34. The van der Waals surface area contributed by atoms with Crippen LogP contribution in [0, 0.1) is 0 Å². The molecule has 2 aromatic heterocycles. The van der Waals surface area contributed by atoms with E-state index in [4.69, 9.17) is 21.4 Å². The topological polar surface area (TPSA) is 96.4 Å². The SMILES string of the molecule is COc1ccc(Cl)cc1NC(=O)c1csc2cnc(NCCCO)nc12. The second kappa shape index (κ2) is 8.31. The summed E-state index contributed by atoms with van der Waals surface area (Å²) in [4.78, 5) is 21.4. The number of aliphatic hydroxyl groups excluding tert-OH is 1. The van der Waals surface area contributed by atoms with Crippen LogP contribution in [0.5, 0.6) is 5.75 Å². The van der Waals surface area contributed by atoms with Gasteiger partial charge in [-0.3, -0.25) is 4.79 Å². The molecule has 0 aliphatic carbocycles. The normalized spacial score (nSPS) is 10.7. The molecule has 0 spiro atoms. The Morgan fingerprint density at radius 2 is 2.27 bits per heavy atom. The molecule has 0 aliphatic rings. The number of aliphatic hydroxyl groups is 1. The van der Waals surface area contributed by atoms with Crippen LogP contribution in [-0.2, 0) is 0 Å². The summed E-state index contributed by atoms with van der Waals surface area (Å²) in [6, 6.07) is 5.01. The molecule has 3 rings (SSSR count). The summed E-state index contributed by atoms with van der Waals surface area (Å²) in [6.45, 7) is 0.635. The summed E-state index contributed by atoms with van der Waals surface area (Å²) in [7, 11) is 1.52. The lowest BCUT2D eigenvalue weighted by Crippen LogP contribution is -2.13. The zero-order valence-corrected chi connectivity index (χ0v) is 15.5. The van der Waals surface area contributed by atoms with E-state index in [2.05, 4.69) is 20.6 Å². The number of methoxy groups -OCH3 is 1. The lowest BCUT2D eigenvalue weighted by atomic mass is 10.2. The number of carbonyl (C=O) groups excluding carboxylic acids is 1. The van der Waals surface area contributed by atoms with E-state index in [1.165, 1.54) is 18.4 Å². The van der Waals surface area contributed by atoms with Crippen molar-refractivity contribution in [1.29, 1.82) is 0 Å². The highest BCUT2D eigenvalue weighted by molar-refractivity contribution is 7.17. The van der Waals surface area contributed by atoms with Gasteiger partial charge in [0, 0.05) is 23.6 Å². The van der Waals surface area contributed by atoms with Crippen molar-refractivity contribution in [2.45, 2.75) is 6.42 Å². The van der Waals surface area contributed by atoms with Gasteiger partial charge in [0.25, 0.3) is 5.91 Å². The molecule has 0 radical (unpaired) electrons. The van der Waals surface area contributed by atoms with Gasteiger partial charge in [-0.2, -0.15) is 0 Å². The second-order valence-electron chi connectivity index (χ2n) is 5.36. The maximum Gasteiger partial charge on any atom is 0.258 e. The Morgan fingerprint density at radius 3 is 3.04 bits per heavy atom. The van der Waals surface area contributed by atoms with Crippen LogP contribution in [0.15, 0.2) is 29.8 Å². The second-order valence-corrected chi connectivity index (χ2v) is 6.71. The maximum atomic E-state index is 12.7. The number of hydrogen-bond acceptors (Lipinski definition) is 7. The van der Waals surface area contributed by atoms with Gasteiger partial charge < -0.3 is 20.5 Å². The van der Waals surface area contributed by atoms with Crippen LogP contribution in [0.1, 0.15) is 16.8 Å². The first kappa shape index (κ1) is 18.4. The van der Waals surface area contributed by atoms with Crippen molar-refractivity contribution in [2.24, 2.45) is 0 Å². The molecule has 0 unspecified atom stereocenters. The van der Waals surface area contributed by atoms with Gasteiger partial charge in [-0.1, -0.05) is 11.6 Å². The van der Waals surface area contributed by atoms with E-state index >= 15 is 0 Å². The molecule has 2 heterocycles. The summed E-state index contributed by atoms with van der Waals surface area (Å²) < 4.78 is 6.06. The van der Waals surface area contributed by atoms with E-state index in [1.807, 2.05) is 0 Å². The molecule has 0 atom stereocenters. The molecule has 136 valence electrons. The largest absolute Gasteiger partial charge is 0.495 e. The standard InChI is InChI=1S/C17H17ClN4O3S/c1-25-13-4-3-10(18)7-12(13)21-16(24)11-9-26-14-8-20-17(22-15(11)14)19-5-2-6-23/h3-4,7-9,23H,2,5-6H2,1H3,(H,21,24)(H,19,20,22). The van der Waals surface area contributed by atoms with E-state index in [0.717, 1.165) is 4.70 Å². The minimum Gasteiger partial charge on any atom is -0.495 e. The number of nitrogens with zero attached hydrogens (tertiary/aromatic N) is 2. The average molecular weight is 393 g/mol. The predicted octanol–water partition coefficient (Wildman–Crippen LogP) is 3.40. The smallest absolute Gasteiger partial charge is 0.258 e. The van der Waals surface area contributed by atoms with Crippen LogP contribution >= 0.6 is 22.9 Å². The molecule has 0 saturated carbocycles. The van der Waals surface area contributed by atoms with Gasteiger partial charge in [0.15, 0.2) is 0 Å². The highest BCUT2D eigenvalue weighted by atomic mass is 35.5. The molecule has 0 bridgehead atoms. The van der Waals surface area contributed by atoms with Gasteiger partial charge in [0.05, 0.1) is 34.8 Å². The van der Waals surface area contributed by atoms with Crippen molar-refractivity contribution in [1.82, 2.24) is 9.97 Å². The molecule has 7 nitrogen and oxygen atoms in total. The quantitative estimate of drug-likeness (QED) is 0.533. The van der Waals surface area contributed by atoms with E-state index in [9.17, 15) is 4.79 Å². The Labute approximate surface area is 159 Å². The fourth-order valence-electron chi connectivity index (χ4n) is 2.32. The monoisotopic (exact) mass is 392 g/mol. The van der Waals surface area contributed by atoms with E-state index in [-0.39, 0.29) is 12.5 Å². The summed E-state index contributed by atoms with van der Waals surface area (Å²) in [5, 5.41) is 16.9. The maximum absolute atomic E-state index is 12.7. The van der Waals surface area contributed by atoms with Crippen LogP contribution in [0.3, 0.4) is 0 Å². The molecule has 26 heavy (non-hydrogen) atoms. The minimum absolute atomic E-state index is 0.0861. The van der Waals surface area contributed by atoms with Crippen LogP contribution in [0.2, 0.25) is 5.02 Å². The molecule has 9 heteroatoms. The van der Waals surface area contributed by atoms with Crippen molar-refractivity contribution < 1.29 is 14.6 Å². The van der Waals surface area contributed by atoms with Gasteiger partial charge in [-0.15, -0.1) is 11.3 Å². The van der Waals surface area contributed by atoms with Gasteiger partial charge in [0.1, 0.15) is 5.75 Å². The van der Waals surface area contributed by atoms with Crippen molar-refractivity contribution in [2.75, 3.05) is 30.9 Å². The number of halogens is 1. The first-order chi connectivity index (χ1) is 12.6. The third kappa shape index (κ3) is 4.04. The molecular weight excluding hydrogens is 376 g/mol. The number of ether oxygens (including phenoxy) is 1. The lowest BCUT2D eigenvalue weighted by Gasteiger charge is -2.10. The summed E-state index contributed by atoms with van der Waals surface area (Å²) in [5.41, 5.74) is 1.49. The van der Waals surface area contributed by atoms with E-state index < -0.39 is 0 Å². The van der Waals surface area contributed by atoms with Gasteiger partial charge in [-0.25, -0.2) is 9.97 Å². The van der Waals surface area contributed by atoms with Crippen molar-refractivity contribution in [3.8, 4) is 5.75 Å². The molecule has 3 N–H and O–H groups in total. The Bertz CT molecular complexity index is 932. The fraction of sp³-hybridized carbons (Fsp3) is 0.235. The predicted molar refractivity (Wildman–Crippen MR) is 104 cm³/mol. The van der Waals surface area contributed by atoms with Crippen LogP contribution < -0.4 is 15.4 Å². The number of benzene rings is 1. The number of nitrogens with one attached hydrogen (secondary N) is 2. The molecule has 0 saturated heterocycles. The zero-order valence-electron chi connectivity index (χ0n) is 14.0. The number of anilines is 2. The number of aromatic nitrogens is 2. The lowest BCUT2D eigenvalue weighted by molar-refractivity contribution is 0.102. The summed E-state index contributed by atoms with van der Waals surface area (Å²) in [6.07, 6.45) is 2.26. The molecule has 0 fully saturated rings. The zero-order chi connectivity index (χ0) is 18.5.